The van der Waals surface area contributed by atoms with E-state index >= 15 is 0 Å². The molecule has 1 aromatic carbocycles. The molecule has 0 spiro atoms. The minimum absolute atomic E-state index is 0.197. The first-order valence-electron chi connectivity index (χ1n) is 5.54. The van der Waals surface area contributed by atoms with Crippen LogP contribution in [0.25, 0.3) is 0 Å². The highest BCUT2D eigenvalue weighted by Crippen LogP contribution is 2.11. The van der Waals surface area contributed by atoms with Gasteiger partial charge >= 0.3 is 0 Å². The number of benzene rings is 1. The van der Waals surface area contributed by atoms with Crippen molar-refractivity contribution in [1.29, 1.82) is 0 Å². The maximum Gasteiger partial charge on any atom is 0.180 e. The molecule has 0 fully saturated rings. The maximum absolute atomic E-state index is 5.58. The Hall–Kier alpha value is -1.44. The van der Waals surface area contributed by atoms with Crippen molar-refractivity contribution in [3.8, 4) is 0 Å². The van der Waals surface area contributed by atoms with E-state index in [9.17, 15) is 0 Å². The normalized spacial score (nSPS) is 11.0. The van der Waals surface area contributed by atoms with Crippen LogP contribution in [-0.2, 0) is 11.3 Å². The molecule has 0 saturated carbocycles. The van der Waals surface area contributed by atoms with Gasteiger partial charge in [0.1, 0.15) is 5.60 Å². The van der Waals surface area contributed by atoms with Gasteiger partial charge in [0.15, 0.2) is 5.88 Å². The molecule has 0 amide bonds. The minimum Gasteiger partial charge on any atom is -0.474 e. The standard InChI is InChI=1S/C14H21NO/c1-11-6-8-13(9-7-11)10-15-12(2)16-14(3,4)5/h6-9,15H,2,10H2,1,3-5H3. The third-order valence-corrected chi connectivity index (χ3v) is 2.04. The first-order chi connectivity index (χ1) is 7.37. The van der Waals surface area contributed by atoms with Crippen LogP contribution in [0.15, 0.2) is 36.7 Å². The summed E-state index contributed by atoms with van der Waals surface area (Å²) in [4.78, 5) is 0. The molecule has 0 aliphatic carbocycles. The lowest BCUT2D eigenvalue weighted by molar-refractivity contribution is 0.0410. The van der Waals surface area contributed by atoms with E-state index in [2.05, 4.69) is 43.1 Å². The summed E-state index contributed by atoms with van der Waals surface area (Å²) in [5, 5.41) is 3.16. The van der Waals surface area contributed by atoms with Gasteiger partial charge in [0.05, 0.1) is 0 Å². The van der Waals surface area contributed by atoms with Gasteiger partial charge in [-0.1, -0.05) is 29.8 Å². The Bertz CT molecular complexity index is 346. The number of hydrogen-bond acceptors (Lipinski definition) is 2. The van der Waals surface area contributed by atoms with Crippen LogP contribution in [0.3, 0.4) is 0 Å². The van der Waals surface area contributed by atoms with E-state index in [0.717, 1.165) is 6.54 Å². The number of rotatable bonds is 4. The molecule has 2 heteroatoms. The van der Waals surface area contributed by atoms with Crippen molar-refractivity contribution >= 4 is 0 Å². The maximum atomic E-state index is 5.58. The van der Waals surface area contributed by atoms with Crippen LogP contribution in [-0.4, -0.2) is 5.60 Å². The zero-order valence-corrected chi connectivity index (χ0v) is 10.6. The average Bonchev–Trinajstić information content (AvgIpc) is 2.14. The quantitative estimate of drug-likeness (QED) is 0.784. The second-order valence-electron chi connectivity index (χ2n) is 4.98. The van der Waals surface area contributed by atoms with Gasteiger partial charge in [0, 0.05) is 6.54 Å². The molecule has 88 valence electrons. The Labute approximate surface area is 98.3 Å². The van der Waals surface area contributed by atoms with E-state index in [1.54, 1.807) is 0 Å². The second-order valence-corrected chi connectivity index (χ2v) is 4.98. The molecule has 0 aliphatic rings. The Balaban J connectivity index is 2.40. The molecule has 0 bridgehead atoms. The average molecular weight is 219 g/mol. The topological polar surface area (TPSA) is 21.3 Å². The molecular formula is C14H21NO. The van der Waals surface area contributed by atoms with Crippen LogP contribution in [0.2, 0.25) is 0 Å². The summed E-state index contributed by atoms with van der Waals surface area (Å²) in [5.74, 6) is 0.619. The molecule has 1 N–H and O–H groups in total. The third-order valence-electron chi connectivity index (χ3n) is 2.04. The number of nitrogens with one attached hydrogen (secondary N) is 1. The Kier molecular flexibility index (Phi) is 3.99. The largest absolute Gasteiger partial charge is 0.474 e. The lowest BCUT2D eigenvalue weighted by Gasteiger charge is -2.23. The van der Waals surface area contributed by atoms with Gasteiger partial charge in [0.25, 0.3) is 0 Å². The molecule has 1 aromatic rings. The second kappa shape index (κ2) is 5.06. The van der Waals surface area contributed by atoms with Crippen LogP contribution in [0.5, 0.6) is 0 Å². The molecule has 0 heterocycles. The van der Waals surface area contributed by atoms with Crippen molar-refractivity contribution in [2.24, 2.45) is 0 Å². The summed E-state index contributed by atoms with van der Waals surface area (Å²) < 4.78 is 5.58. The van der Waals surface area contributed by atoms with E-state index < -0.39 is 0 Å². The van der Waals surface area contributed by atoms with Gasteiger partial charge in [-0.2, -0.15) is 0 Å². The van der Waals surface area contributed by atoms with Gasteiger partial charge in [-0.15, -0.1) is 0 Å². The lowest BCUT2D eigenvalue weighted by Crippen LogP contribution is -2.25. The molecular weight excluding hydrogens is 198 g/mol. The van der Waals surface area contributed by atoms with Crippen molar-refractivity contribution < 1.29 is 4.74 Å². The first kappa shape index (κ1) is 12.6. The molecule has 0 aliphatic heterocycles. The van der Waals surface area contributed by atoms with Crippen LogP contribution < -0.4 is 5.32 Å². The zero-order valence-electron chi connectivity index (χ0n) is 10.6. The minimum atomic E-state index is -0.197. The van der Waals surface area contributed by atoms with Crippen molar-refractivity contribution in [3.05, 3.63) is 47.9 Å². The van der Waals surface area contributed by atoms with Crippen molar-refractivity contribution in [2.45, 2.75) is 39.8 Å². The highest BCUT2D eigenvalue weighted by molar-refractivity contribution is 5.21. The fourth-order valence-corrected chi connectivity index (χ4v) is 1.31. The number of hydrogen-bond donors (Lipinski definition) is 1. The number of aryl methyl sites for hydroxylation is 1. The highest BCUT2D eigenvalue weighted by atomic mass is 16.5. The van der Waals surface area contributed by atoms with Crippen LogP contribution in [0, 0.1) is 6.92 Å². The zero-order chi connectivity index (χ0) is 12.2. The van der Waals surface area contributed by atoms with Gasteiger partial charge in [-0.3, -0.25) is 0 Å². The molecule has 0 atom stereocenters. The Morgan fingerprint density at radius 1 is 1.25 bits per heavy atom. The monoisotopic (exact) mass is 219 g/mol. The predicted octanol–water partition coefficient (Wildman–Crippen LogP) is 3.37. The van der Waals surface area contributed by atoms with E-state index in [4.69, 9.17) is 4.74 Å². The SMILES string of the molecule is C=C(NCc1ccc(C)cc1)OC(C)(C)C. The summed E-state index contributed by atoms with van der Waals surface area (Å²) in [7, 11) is 0. The molecule has 0 radical (unpaired) electrons. The number of ether oxygens (including phenoxy) is 1. The van der Waals surface area contributed by atoms with Gasteiger partial charge in [-0.25, -0.2) is 0 Å². The van der Waals surface area contributed by atoms with E-state index in [1.165, 1.54) is 11.1 Å². The predicted molar refractivity (Wildman–Crippen MR) is 68.0 cm³/mol. The Morgan fingerprint density at radius 3 is 2.31 bits per heavy atom. The van der Waals surface area contributed by atoms with Crippen molar-refractivity contribution in [1.82, 2.24) is 5.32 Å². The molecule has 1 rings (SSSR count). The van der Waals surface area contributed by atoms with Crippen molar-refractivity contribution in [3.63, 3.8) is 0 Å². The molecule has 0 saturated heterocycles. The van der Waals surface area contributed by atoms with Crippen molar-refractivity contribution in [2.75, 3.05) is 0 Å². The summed E-state index contributed by atoms with van der Waals surface area (Å²) in [6.07, 6.45) is 0. The molecule has 0 aromatic heterocycles. The molecule has 16 heavy (non-hydrogen) atoms. The molecule has 2 nitrogen and oxygen atoms in total. The summed E-state index contributed by atoms with van der Waals surface area (Å²) in [5.41, 5.74) is 2.30. The summed E-state index contributed by atoms with van der Waals surface area (Å²) in [6, 6.07) is 8.41. The van der Waals surface area contributed by atoms with Gasteiger partial charge < -0.3 is 10.1 Å². The van der Waals surface area contributed by atoms with Crippen LogP contribution in [0.1, 0.15) is 31.9 Å². The fourth-order valence-electron chi connectivity index (χ4n) is 1.31. The van der Waals surface area contributed by atoms with Crippen LogP contribution in [0.4, 0.5) is 0 Å². The van der Waals surface area contributed by atoms with Crippen LogP contribution >= 0.6 is 0 Å². The van der Waals surface area contributed by atoms with E-state index in [0.29, 0.717) is 5.88 Å². The Morgan fingerprint density at radius 2 is 1.81 bits per heavy atom. The lowest BCUT2D eigenvalue weighted by atomic mass is 10.1. The molecule has 0 unspecified atom stereocenters. The van der Waals surface area contributed by atoms with E-state index in [-0.39, 0.29) is 5.60 Å². The van der Waals surface area contributed by atoms with Gasteiger partial charge in [0.2, 0.25) is 0 Å². The third kappa shape index (κ3) is 4.87. The summed E-state index contributed by atoms with van der Waals surface area (Å²) in [6.45, 7) is 12.7. The van der Waals surface area contributed by atoms with E-state index in [1.807, 2.05) is 20.8 Å². The smallest absolute Gasteiger partial charge is 0.180 e. The first-order valence-corrected chi connectivity index (χ1v) is 5.54. The van der Waals surface area contributed by atoms with Gasteiger partial charge in [-0.05, 0) is 39.8 Å². The fraction of sp³-hybridized carbons (Fsp3) is 0.429. The summed E-state index contributed by atoms with van der Waals surface area (Å²) >= 11 is 0. The highest BCUT2D eigenvalue weighted by Gasteiger charge is 2.11.